The van der Waals surface area contributed by atoms with Crippen LogP contribution in [-0.2, 0) is 6.54 Å². The molecule has 0 aliphatic carbocycles. The van der Waals surface area contributed by atoms with E-state index in [9.17, 15) is 4.79 Å². The van der Waals surface area contributed by atoms with Crippen LogP contribution >= 0.6 is 0 Å². The number of aryl methyl sites for hydroxylation is 2. The SMILES string of the molecule is CCCCCCNC(=O)c1cc2oc(C)cc2n1Cc1ccccc1C. The number of fused-ring (bicyclic) bond motifs is 1. The lowest BCUT2D eigenvalue weighted by atomic mass is 10.1. The lowest BCUT2D eigenvalue weighted by Crippen LogP contribution is -2.27. The third-order valence-electron chi connectivity index (χ3n) is 4.85. The van der Waals surface area contributed by atoms with E-state index in [2.05, 4.69) is 35.9 Å². The number of nitrogens with zero attached hydrogens (tertiary/aromatic N) is 1. The Labute approximate surface area is 155 Å². The molecule has 26 heavy (non-hydrogen) atoms. The van der Waals surface area contributed by atoms with Gasteiger partial charge in [-0.05, 0) is 31.4 Å². The van der Waals surface area contributed by atoms with E-state index in [1.165, 1.54) is 24.0 Å². The van der Waals surface area contributed by atoms with Crippen LogP contribution < -0.4 is 5.32 Å². The highest BCUT2D eigenvalue weighted by molar-refractivity contribution is 5.97. The Morgan fingerprint density at radius 2 is 1.92 bits per heavy atom. The first-order valence-electron chi connectivity index (χ1n) is 9.52. The van der Waals surface area contributed by atoms with Crippen LogP contribution in [0.15, 0.2) is 40.8 Å². The topological polar surface area (TPSA) is 47.2 Å². The number of unbranched alkanes of at least 4 members (excludes halogenated alkanes) is 3. The van der Waals surface area contributed by atoms with Crippen LogP contribution in [0.5, 0.6) is 0 Å². The minimum atomic E-state index is -0.0286. The van der Waals surface area contributed by atoms with Gasteiger partial charge in [-0.2, -0.15) is 0 Å². The van der Waals surface area contributed by atoms with Crippen molar-refractivity contribution >= 4 is 17.0 Å². The van der Waals surface area contributed by atoms with Crippen molar-refractivity contribution in [3.63, 3.8) is 0 Å². The Balaban J connectivity index is 1.84. The number of furan rings is 1. The van der Waals surface area contributed by atoms with Gasteiger partial charge in [0, 0.05) is 25.2 Å². The third-order valence-corrected chi connectivity index (χ3v) is 4.85. The zero-order chi connectivity index (χ0) is 18.5. The van der Waals surface area contributed by atoms with Crippen molar-refractivity contribution in [3.8, 4) is 0 Å². The van der Waals surface area contributed by atoms with Gasteiger partial charge in [-0.3, -0.25) is 4.79 Å². The molecule has 138 valence electrons. The molecule has 3 rings (SSSR count). The lowest BCUT2D eigenvalue weighted by Gasteiger charge is -2.12. The van der Waals surface area contributed by atoms with E-state index in [4.69, 9.17) is 4.42 Å². The lowest BCUT2D eigenvalue weighted by molar-refractivity contribution is 0.0944. The normalized spacial score (nSPS) is 11.2. The van der Waals surface area contributed by atoms with Gasteiger partial charge < -0.3 is 14.3 Å². The summed E-state index contributed by atoms with van der Waals surface area (Å²) in [7, 11) is 0. The van der Waals surface area contributed by atoms with Crippen molar-refractivity contribution in [3.05, 3.63) is 59.0 Å². The first-order chi connectivity index (χ1) is 12.6. The molecule has 0 aliphatic rings. The monoisotopic (exact) mass is 352 g/mol. The molecule has 0 bridgehead atoms. The van der Waals surface area contributed by atoms with Gasteiger partial charge in [0.2, 0.25) is 0 Å². The van der Waals surface area contributed by atoms with Crippen molar-refractivity contribution in [2.45, 2.75) is 53.0 Å². The Morgan fingerprint density at radius 1 is 1.12 bits per heavy atom. The van der Waals surface area contributed by atoms with Gasteiger partial charge in [0.05, 0.1) is 5.52 Å². The highest BCUT2D eigenvalue weighted by Crippen LogP contribution is 2.25. The van der Waals surface area contributed by atoms with Gasteiger partial charge in [-0.15, -0.1) is 0 Å². The molecule has 0 saturated heterocycles. The Morgan fingerprint density at radius 3 is 2.69 bits per heavy atom. The predicted molar refractivity (Wildman–Crippen MR) is 106 cm³/mol. The summed E-state index contributed by atoms with van der Waals surface area (Å²) in [6.45, 7) is 7.60. The van der Waals surface area contributed by atoms with Gasteiger partial charge in [0.1, 0.15) is 11.5 Å². The van der Waals surface area contributed by atoms with Crippen molar-refractivity contribution in [1.82, 2.24) is 9.88 Å². The zero-order valence-electron chi connectivity index (χ0n) is 16.0. The molecule has 0 saturated carbocycles. The second kappa shape index (κ2) is 8.26. The second-order valence-corrected chi connectivity index (χ2v) is 6.97. The summed E-state index contributed by atoms with van der Waals surface area (Å²) in [6, 6.07) is 12.2. The first kappa shape index (κ1) is 18.3. The largest absolute Gasteiger partial charge is 0.460 e. The van der Waals surface area contributed by atoms with E-state index in [1.807, 2.05) is 31.2 Å². The van der Waals surface area contributed by atoms with Crippen LogP contribution in [0.25, 0.3) is 11.1 Å². The summed E-state index contributed by atoms with van der Waals surface area (Å²) in [6.07, 6.45) is 4.59. The highest BCUT2D eigenvalue weighted by Gasteiger charge is 2.18. The smallest absolute Gasteiger partial charge is 0.268 e. The van der Waals surface area contributed by atoms with Crippen LogP contribution in [0.1, 0.15) is 60.0 Å². The van der Waals surface area contributed by atoms with Gasteiger partial charge in [-0.1, -0.05) is 50.5 Å². The first-order valence-corrected chi connectivity index (χ1v) is 9.52. The quantitative estimate of drug-likeness (QED) is 0.566. The molecule has 2 heterocycles. The zero-order valence-corrected chi connectivity index (χ0v) is 16.0. The average Bonchev–Trinajstić information content (AvgIpc) is 3.13. The number of hydrogen-bond donors (Lipinski definition) is 1. The third kappa shape index (κ3) is 4.01. The fourth-order valence-corrected chi connectivity index (χ4v) is 3.33. The van der Waals surface area contributed by atoms with Crippen LogP contribution in [0, 0.1) is 13.8 Å². The summed E-state index contributed by atoms with van der Waals surface area (Å²) in [5, 5.41) is 3.06. The molecule has 0 unspecified atom stereocenters. The molecular weight excluding hydrogens is 324 g/mol. The maximum Gasteiger partial charge on any atom is 0.268 e. The van der Waals surface area contributed by atoms with Crippen LogP contribution in [0.4, 0.5) is 0 Å². The Bertz CT molecular complexity index is 889. The molecule has 2 aromatic heterocycles. The van der Waals surface area contributed by atoms with Crippen molar-refractivity contribution in [2.24, 2.45) is 0 Å². The van der Waals surface area contributed by atoms with Crippen LogP contribution in [-0.4, -0.2) is 17.0 Å². The molecule has 0 aliphatic heterocycles. The fourth-order valence-electron chi connectivity index (χ4n) is 3.33. The molecule has 0 atom stereocenters. The summed E-state index contributed by atoms with van der Waals surface area (Å²) in [5.74, 6) is 0.833. The van der Waals surface area contributed by atoms with E-state index in [0.717, 1.165) is 36.2 Å². The maximum absolute atomic E-state index is 12.8. The number of aromatic nitrogens is 1. The number of benzene rings is 1. The maximum atomic E-state index is 12.8. The molecule has 1 N–H and O–H groups in total. The van der Waals surface area contributed by atoms with Crippen molar-refractivity contribution < 1.29 is 9.21 Å². The summed E-state index contributed by atoms with van der Waals surface area (Å²) in [5.41, 5.74) is 4.84. The molecule has 0 radical (unpaired) electrons. The summed E-state index contributed by atoms with van der Waals surface area (Å²) in [4.78, 5) is 12.8. The molecule has 0 spiro atoms. The van der Waals surface area contributed by atoms with E-state index in [-0.39, 0.29) is 5.91 Å². The van der Waals surface area contributed by atoms with Gasteiger partial charge in [0.15, 0.2) is 5.58 Å². The fraction of sp³-hybridized carbons (Fsp3) is 0.409. The second-order valence-electron chi connectivity index (χ2n) is 6.97. The Kier molecular flexibility index (Phi) is 5.82. The Hall–Kier alpha value is -2.49. The van der Waals surface area contributed by atoms with Crippen LogP contribution in [0.3, 0.4) is 0 Å². The van der Waals surface area contributed by atoms with Gasteiger partial charge in [0.25, 0.3) is 5.91 Å². The predicted octanol–water partition coefficient (Wildman–Crippen LogP) is 5.21. The minimum absolute atomic E-state index is 0.0286. The number of nitrogens with one attached hydrogen (secondary N) is 1. The van der Waals surface area contributed by atoms with E-state index in [1.54, 1.807) is 0 Å². The molecule has 4 heteroatoms. The molecule has 0 fully saturated rings. The van der Waals surface area contributed by atoms with E-state index in [0.29, 0.717) is 12.2 Å². The number of rotatable bonds is 8. The molecule has 4 nitrogen and oxygen atoms in total. The van der Waals surface area contributed by atoms with Gasteiger partial charge in [-0.25, -0.2) is 0 Å². The summed E-state index contributed by atoms with van der Waals surface area (Å²) >= 11 is 0. The van der Waals surface area contributed by atoms with Gasteiger partial charge >= 0.3 is 0 Å². The number of carbonyl (C=O) groups excluding carboxylic acids is 1. The molecule has 1 amide bonds. The average molecular weight is 352 g/mol. The highest BCUT2D eigenvalue weighted by atomic mass is 16.3. The van der Waals surface area contributed by atoms with Crippen LogP contribution in [0.2, 0.25) is 0 Å². The van der Waals surface area contributed by atoms with Crippen molar-refractivity contribution in [2.75, 3.05) is 6.54 Å². The van der Waals surface area contributed by atoms with E-state index < -0.39 is 0 Å². The van der Waals surface area contributed by atoms with E-state index >= 15 is 0 Å². The minimum Gasteiger partial charge on any atom is -0.460 e. The standard InChI is InChI=1S/C22H28N2O2/c1-4-5-6-9-12-23-22(25)20-14-21-19(13-17(3)26-21)24(20)15-18-11-8-7-10-16(18)2/h7-8,10-11,13-14H,4-6,9,12,15H2,1-3H3,(H,23,25). The summed E-state index contributed by atoms with van der Waals surface area (Å²) < 4.78 is 7.83. The molecule has 3 aromatic rings. The van der Waals surface area contributed by atoms with Crippen molar-refractivity contribution in [1.29, 1.82) is 0 Å². The molecular formula is C22H28N2O2. The number of hydrogen-bond acceptors (Lipinski definition) is 2. The molecule has 1 aromatic carbocycles. The number of amides is 1. The number of carbonyl (C=O) groups is 1.